The van der Waals surface area contributed by atoms with E-state index < -0.39 is 11.9 Å². The van der Waals surface area contributed by atoms with Gasteiger partial charge in [0.15, 0.2) is 5.69 Å². The molecule has 0 aliphatic heterocycles. The molecule has 102 valence electrons. The van der Waals surface area contributed by atoms with E-state index in [4.69, 9.17) is 0 Å². The number of thiophene rings is 1. The van der Waals surface area contributed by atoms with Gasteiger partial charge in [0, 0.05) is 12.4 Å². The Morgan fingerprint density at radius 1 is 1.20 bits per heavy atom. The first-order chi connectivity index (χ1) is 9.54. The average Bonchev–Trinajstić information content (AvgIpc) is 3.10. The maximum Gasteiger partial charge on any atom is 0.433 e. The van der Waals surface area contributed by atoms with Crippen LogP contribution in [0.25, 0.3) is 16.5 Å². The van der Waals surface area contributed by atoms with Crippen LogP contribution in [0.5, 0.6) is 0 Å². The quantitative estimate of drug-likeness (QED) is 0.728. The lowest BCUT2D eigenvalue weighted by atomic mass is 10.3. The van der Waals surface area contributed by atoms with E-state index in [9.17, 15) is 13.2 Å². The van der Waals surface area contributed by atoms with Crippen LogP contribution in [0, 0.1) is 0 Å². The first kappa shape index (κ1) is 12.8. The Morgan fingerprint density at radius 2 is 2.05 bits per heavy atom. The smallest absolute Gasteiger partial charge is 0.274 e. The summed E-state index contributed by atoms with van der Waals surface area (Å²) in [7, 11) is 0. The molecule has 0 atom stereocenters. The summed E-state index contributed by atoms with van der Waals surface area (Å²) in [6, 6.07) is 4.42. The van der Waals surface area contributed by atoms with Gasteiger partial charge < -0.3 is 0 Å². The molecule has 0 N–H and O–H groups in total. The summed E-state index contributed by atoms with van der Waals surface area (Å²) in [5, 5.41) is 1.78. The van der Waals surface area contributed by atoms with Crippen molar-refractivity contribution in [2.45, 2.75) is 6.18 Å². The molecule has 3 heterocycles. The van der Waals surface area contributed by atoms with Gasteiger partial charge in [-0.1, -0.05) is 6.07 Å². The molecule has 0 bridgehead atoms. The standard InChI is InChI=1S/C12H7F3N4S/c13-12(14,15)10-6-8(9-2-1-5-20-9)17-11(18-10)19-4-3-16-7-19/h1-7H. The van der Waals surface area contributed by atoms with E-state index >= 15 is 0 Å². The topological polar surface area (TPSA) is 43.6 Å². The molecule has 0 aliphatic carbocycles. The van der Waals surface area contributed by atoms with Crippen molar-refractivity contribution in [3.8, 4) is 16.5 Å². The van der Waals surface area contributed by atoms with Crippen molar-refractivity contribution in [3.63, 3.8) is 0 Å². The van der Waals surface area contributed by atoms with Gasteiger partial charge in [-0.25, -0.2) is 15.0 Å². The van der Waals surface area contributed by atoms with Gasteiger partial charge in [-0.3, -0.25) is 4.57 Å². The summed E-state index contributed by atoms with van der Waals surface area (Å²) >= 11 is 1.32. The van der Waals surface area contributed by atoms with Crippen LogP contribution in [0.3, 0.4) is 0 Å². The van der Waals surface area contributed by atoms with Crippen molar-refractivity contribution in [1.29, 1.82) is 0 Å². The number of halogens is 3. The first-order valence-corrected chi connectivity index (χ1v) is 6.40. The van der Waals surface area contributed by atoms with Gasteiger partial charge in [-0.15, -0.1) is 11.3 Å². The maximum atomic E-state index is 12.9. The molecule has 0 saturated heterocycles. The van der Waals surface area contributed by atoms with Gasteiger partial charge in [0.1, 0.15) is 6.33 Å². The van der Waals surface area contributed by atoms with Crippen LogP contribution in [0.1, 0.15) is 5.69 Å². The molecule has 0 saturated carbocycles. The molecule has 3 rings (SSSR count). The van der Waals surface area contributed by atoms with Crippen molar-refractivity contribution < 1.29 is 13.2 Å². The Labute approximate surface area is 115 Å². The molecule has 0 radical (unpaired) electrons. The molecular formula is C12H7F3N4S. The van der Waals surface area contributed by atoms with Crippen LogP contribution < -0.4 is 0 Å². The molecule has 0 unspecified atom stereocenters. The molecule has 3 aromatic heterocycles. The highest BCUT2D eigenvalue weighted by Gasteiger charge is 2.34. The highest BCUT2D eigenvalue weighted by molar-refractivity contribution is 7.13. The van der Waals surface area contributed by atoms with Gasteiger partial charge in [-0.2, -0.15) is 13.2 Å². The second-order valence-corrected chi connectivity index (χ2v) is 4.83. The highest BCUT2D eigenvalue weighted by atomic mass is 32.1. The van der Waals surface area contributed by atoms with Crippen LogP contribution >= 0.6 is 11.3 Å². The second-order valence-electron chi connectivity index (χ2n) is 3.88. The van der Waals surface area contributed by atoms with E-state index in [0.717, 1.165) is 6.07 Å². The van der Waals surface area contributed by atoms with Crippen molar-refractivity contribution in [3.05, 3.63) is 48.0 Å². The zero-order valence-corrected chi connectivity index (χ0v) is 10.7. The van der Waals surface area contributed by atoms with Crippen molar-refractivity contribution in [1.82, 2.24) is 19.5 Å². The average molecular weight is 296 g/mol. The molecule has 0 fully saturated rings. The molecule has 0 aromatic carbocycles. The molecule has 0 amide bonds. The van der Waals surface area contributed by atoms with E-state index in [0.29, 0.717) is 4.88 Å². The third-order valence-electron chi connectivity index (χ3n) is 2.51. The summed E-state index contributed by atoms with van der Waals surface area (Å²) < 4.78 is 40.1. The number of rotatable bonds is 2. The number of aromatic nitrogens is 4. The largest absolute Gasteiger partial charge is 0.433 e. The predicted octanol–water partition coefficient (Wildman–Crippen LogP) is 3.41. The van der Waals surface area contributed by atoms with Gasteiger partial charge >= 0.3 is 6.18 Å². The van der Waals surface area contributed by atoms with Gasteiger partial charge in [0.25, 0.3) is 0 Å². The Balaban J connectivity index is 2.19. The lowest BCUT2D eigenvalue weighted by Crippen LogP contribution is -2.12. The maximum absolute atomic E-state index is 12.9. The van der Waals surface area contributed by atoms with Gasteiger partial charge in [-0.05, 0) is 17.5 Å². The molecule has 0 aliphatic rings. The van der Waals surface area contributed by atoms with E-state index in [-0.39, 0.29) is 11.6 Å². The van der Waals surface area contributed by atoms with E-state index in [1.807, 2.05) is 0 Å². The van der Waals surface area contributed by atoms with E-state index in [2.05, 4.69) is 15.0 Å². The Kier molecular flexibility index (Phi) is 3.01. The minimum absolute atomic E-state index is 0.0549. The minimum atomic E-state index is -4.52. The highest BCUT2D eigenvalue weighted by Crippen LogP contribution is 2.32. The fraction of sp³-hybridized carbons (Fsp3) is 0.0833. The van der Waals surface area contributed by atoms with E-state index in [1.54, 1.807) is 17.5 Å². The van der Waals surface area contributed by atoms with Crippen molar-refractivity contribution >= 4 is 11.3 Å². The molecule has 4 nitrogen and oxygen atoms in total. The molecule has 3 aromatic rings. The number of hydrogen-bond acceptors (Lipinski definition) is 4. The minimum Gasteiger partial charge on any atom is -0.274 e. The first-order valence-electron chi connectivity index (χ1n) is 5.52. The SMILES string of the molecule is FC(F)(F)c1cc(-c2cccs2)nc(-n2ccnc2)n1. The number of imidazole rings is 1. The fourth-order valence-electron chi connectivity index (χ4n) is 1.62. The van der Waals surface area contributed by atoms with Crippen molar-refractivity contribution in [2.24, 2.45) is 0 Å². The summed E-state index contributed by atoms with van der Waals surface area (Å²) in [5.74, 6) is -0.0549. The molecule has 20 heavy (non-hydrogen) atoms. The lowest BCUT2D eigenvalue weighted by molar-refractivity contribution is -0.141. The van der Waals surface area contributed by atoms with Crippen molar-refractivity contribution in [2.75, 3.05) is 0 Å². The van der Waals surface area contributed by atoms with Crippen LogP contribution in [-0.2, 0) is 6.18 Å². The Bertz CT molecular complexity index is 652. The zero-order valence-electron chi connectivity index (χ0n) is 9.87. The monoisotopic (exact) mass is 296 g/mol. The number of nitrogens with zero attached hydrogens (tertiary/aromatic N) is 4. The number of alkyl halides is 3. The lowest BCUT2D eigenvalue weighted by Gasteiger charge is -2.09. The van der Waals surface area contributed by atoms with Crippen LogP contribution in [0.15, 0.2) is 42.3 Å². The predicted molar refractivity (Wildman–Crippen MR) is 67.5 cm³/mol. The molecule has 8 heteroatoms. The van der Waals surface area contributed by atoms with Crippen LogP contribution in [0.4, 0.5) is 13.2 Å². The third-order valence-corrected chi connectivity index (χ3v) is 3.41. The van der Waals surface area contributed by atoms with Crippen LogP contribution in [-0.4, -0.2) is 19.5 Å². The number of hydrogen-bond donors (Lipinski definition) is 0. The van der Waals surface area contributed by atoms with Gasteiger partial charge in [0.2, 0.25) is 5.95 Å². The Hall–Kier alpha value is -2.22. The Morgan fingerprint density at radius 3 is 2.65 bits per heavy atom. The second kappa shape index (κ2) is 4.71. The summed E-state index contributed by atoms with van der Waals surface area (Å²) in [6.45, 7) is 0. The fourth-order valence-corrected chi connectivity index (χ4v) is 2.31. The van der Waals surface area contributed by atoms with Crippen LogP contribution in [0.2, 0.25) is 0 Å². The summed E-state index contributed by atoms with van der Waals surface area (Å²) in [6.07, 6.45) is -0.222. The molecule has 0 spiro atoms. The van der Waals surface area contributed by atoms with Gasteiger partial charge in [0.05, 0.1) is 10.6 Å². The van der Waals surface area contributed by atoms with E-state index in [1.165, 1.54) is 34.6 Å². The summed E-state index contributed by atoms with van der Waals surface area (Å²) in [5.41, 5.74) is -0.731. The normalized spacial score (nSPS) is 11.8. The zero-order chi connectivity index (χ0) is 14.2. The third kappa shape index (κ3) is 2.42. The molecular weight excluding hydrogens is 289 g/mol. The summed E-state index contributed by atoms with van der Waals surface area (Å²) in [4.78, 5) is 12.1.